The number of anilines is 1. The highest BCUT2D eigenvalue weighted by molar-refractivity contribution is 5.99. The van der Waals surface area contributed by atoms with Crippen molar-refractivity contribution in [1.29, 1.82) is 0 Å². The number of hydrogen-bond donors (Lipinski definition) is 2. The van der Waals surface area contributed by atoms with Crippen LogP contribution in [-0.2, 0) is 4.79 Å². The summed E-state index contributed by atoms with van der Waals surface area (Å²) in [4.78, 5) is 34.5. The van der Waals surface area contributed by atoms with E-state index in [1.54, 1.807) is 4.90 Å². The zero-order chi connectivity index (χ0) is 15.6. The third-order valence-electron chi connectivity index (χ3n) is 3.57. The van der Waals surface area contributed by atoms with Crippen molar-refractivity contribution in [1.82, 2.24) is 0 Å². The molecule has 1 atom stereocenters. The van der Waals surface area contributed by atoms with E-state index in [9.17, 15) is 19.7 Å². The second-order valence-electron chi connectivity index (χ2n) is 4.95. The number of non-ortho nitro benzene ring substituents is 1. The molecule has 1 fully saturated rings. The van der Waals surface area contributed by atoms with Gasteiger partial charge in [0.1, 0.15) is 0 Å². The molecule has 1 heterocycles. The summed E-state index contributed by atoms with van der Waals surface area (Å²) in [5.41, 5.74) is 5.54. The number of carboxylic acid groups (broad SMARTS) is 1. The highest BCUT2D eigenvalue weighted by Crippen LogP contribution is 2.29. The van der Waals surface area contributed by atoms with Crippen molar-refractivity contribution < 1.29 is 19.6 Å². The predicted octanol–water partition coefficient (Wildman–Crippen LogP) is 0.995. The zero-order valence-corrected chi connectivity index (χ0v) is 11.2. The first-order chi connectivity index (χ1) is 9.90. The van der Waals surface area contributed by atoms with Crippen molar-refractivity contribution in [3.05, 3.63) is 33.9 Å². The maximum atomic E-state index is 11.5. The minimum absolute atomic E-state index is 0.0373. The van der Waals surface area contributed by atoms with Crippen LogP contribution in [0, 0.1) is 16.0 Å². The minimum atomic E-state index is -0.887. The van der Waals surface area contributed by atoms with Crippen LogP contribution in [0.15, 0.2) is 18.2 Å². The molecule has 0 radical (unpaired) electrons. The topological polar surface area (TPSA) is 127 Å². The lowest BCUT2D eigenvalue weighted by Crippen LogP contribution is -2.39. The van der Waals surface area contributed by atoms with Gasteiger partial charge in [-0.3, -0.25) is 19.7 Å². The van der Waals surface area contributed by atoms with Gasteiger partial charge in [0, 0.05) is 25.2 Å². The quantitative estimate of drug-likeness (QED) is 0.629. The average molecular weight is 293 g/mol. The van der Waals surface area contributed by atoms with Crippen LogP contribution in [0.4, 0.5) is 11.4 Å². The van der Waals surface area contributed by atoms with E-state index in [4.69, 9.17) is 10.8 Å². The number of carbonyl (C=O) groups excluding carboxylic acids is 1. The molecule has 0 aliphatic carbocycles. The highest BCUT2D eigenvalue weighted by Gasteiger charge is 2.28. The smallest absolute Gasteiger partial charge is 0.308 e. The van der Waals surface area contributed by atoms with Gasteiger partial charge in [0.25, 0.3) is 11.6 Å². The van der Waals surface area contributed by atoms with E-state index in [0.29, 0.717) is 25.1 Å². The molecule has 1 saturated heterocycles. The molecule has 0 aromatic heterocycles. The van der Waals surface area contributed by atoms with Gasteiger partial charge in [-0.15, -0.1) is 0 Å². The number of carbonyl (C=O) groups is 2. The molecular weight excluding hydrogens is 278 g/mol. The zero-order valence-electron chi connectivity index (χ0n) is 11.2. The van der Waals surface area contributed by atoms with Crippen LogP contribution in [-0.4, -0.2) is 35.0 Å². The van der Waals surface area contributed by atoms with E-state index in [-0.39, 0.29) is 17.8 Å². The first-order valence-corrected chi connectivity index (χ1v) is 6.46. The van der Waals surface area contributed by atoms with Gasteiger partial charge in [0.05, 0.1) is 22.1 Å². The summed E-state index contributed by atoms with van der Waals surface area (Å²) in [6.07, 6.45) is 1.25. The van der Waals surface area contributed by atoms with E-state index in [1.807, 2.05) is 0 Å². The molecule has 0 bridgehead atoms. The fourth-order valence-electron chi connectivity index (χ4n) is 2.51. The molecule has 1 aromatic rings. The molecule has 1 aliphatic rings. The molecule has 0 saturated carbocycles. The maximum absolute atomic E-state index is 11.5. The van der Waals surface area contributed by atoms with Crippen LogP contribution in [0.2, 0.25) is 0 Å². The number of nitro groups is 1. The summed E-state index contributed by atoms with van der Waals surface area (Å²) in [5.74, 6) is -2.18. The number of amides is 1. The summed E-state index contributed by atoms with van der Waals surface area (Å²) < 4.78 is 0. The maximum Gasteiger partial charge on any atom is 0.308 e. The van der Waals surface area contributed by atoms with Gasteiger partial charge in [-0.1, -0.05) is 0 Å². The van der Waals surface area contributed by atoms with E-state index >= 15 is 0 Å². The van der Waals surface area contributed by atoms with Gasteiger partial charge in [-0.25, -0.2) is 0 Å². The van der Waals surface area contributed by atoms with Crippen LogP contribution in [0.5, 0.6) is 0 Å². The van der Waals surface area contributed by atoms with Crippen molar-refractivity contribution in [2.45, 2.75) is 12.8 Å². The Hall–Kier alpha value is -2.64. The standard InChI is InChI=1S/C13H15N3O5/c14-12(17)10-6-9(16(20)21)3-4-11(10)15-5-1-2-8(7-15)13(18)19/h3-4,6,8H,1-2,5,7H2,(H2,14,17)(H,18,19)/t8-/m0/s1. The van der Waals surface area contributed by atoms with Crippen LogP contribution in [0.25, 0.3) is 0 Å². The molecule has 112 valence electrons. The number of hydrogen-bond acceptors (Lipinski definition) is 5. The Morgan fingerprint density at radius 1 is 1.43 bits per heavy atom. The number of nitrogens with zero attached hydrogens (tertiary/aromatic N) is 2. The largest absolute Gasteiger partial charge is 0.481 e. The Morgan fingerprint density at radius 3 is 2.71 bits per heavy atom. The van der Waals surface area contributed by atoms with Gasteiger partial charge in [0.2, 0.25) is 0 Å². The Kier molecular flexibility index (Phi) is 4.06. The molecule has 1 aromatic carbocycles. The lowest BCUT2D eigenvalue weighted by atomic mass is 9.97. The van der Waals surface area contributed by atoms with Crippen LogP contribution < -0.4 is 10.6 Å². The SMILES string of the molecule is NC(=O)c1cc([N+](=O)[O-])ccc1N1CCC[C@H](C(=O)O)C1. The summed E-state index contributed by atoms with van der Waals surface area (Å²) >= 11 is 0. The third-order valence-corrected chi connectivity index (χ3v) is 3.57. The lowest BCUT2D eigenvalue weighted by molar-refractivity contribution is -0.384. The van der Waals surface area contributed by atoms with Crippen LogP contribution in [0.1, 0.15) is 23.2 Å². The summed E-state index contributed by atoms with van der Waals surface area (Å²) in [5, 5.41) is 19.9. The van der Waals surface area contributed by atoms with Crippen molar-refractivity contribution in [3.8, 4) is 0 Å². The van der Waals surface area contributed by atoms with Gasteiger partial charge in [-0.05, 0) is 18.9 Å². The van der Waals surface area contributed by atoms with Gasteiger partial charge in [-0.2, -0.15) is 0 Å². The van der Waals surface area contributed by atoms with Crippen molar-refractivity contribution in [3.63, 3.8) is 0 Å². The molecule has 2 rings (SSSR count). The highest BCUT2D eigenvalue weighted by atomic mass is 16.6. The number of primary amides is 1. The first kappa shape index (κ1) is 14.8. The van der Waals surface area contributed by atoms with Crippen molar-refractivity contribution in [2.75, 3.05) is 18.0 Å². The Bertz CT molecular complexity index is 601. The second-order valence-corrected chi connectivity index (χ2v) is 4.95. The number of nitro benzene ring substituents is 1. The van der Waals surface area contributed by atoms with Crippen molar-refractivity contribution >= 4 is 23.3 Å². The molecule has 1 amide bonds. The molecular formula is C13H15N3O5. The fourth-order valence-corrected chi connectivity index (χ4v) is 2.51. The van der Waals surface area contributed by atoms with E-state index < -0.39 is 22.7 Å². The van der Waals surface area contributed by atoms with Crippen LogP contribution >= 0.6 is 0 Å². The summed E-state index contributed by atoms with van der Waals surface area (Å²) in [6.45, 7) is 0.843. The molecule has 3 N–H and O–H groups in total. The third kappa shape index (κ3) is 3.10. The average Bonchev–Trinajstić information content (AvgIpc) is 2.46. The van der Waals surface area contributed by atoms with Crippen molar-refractivity contribution in [2.24, 2.45) is 11.7 Å². The molecule has 0 unspecified atom stereocenters. The number of nitrogens with two attached hydrogens (primary N) is 1. The number of carboxylic acids is 1. The van der Waals surface area contributed by atoms with E-state index in [2.05, 4.69) is 0 Å². The molecule has 8 nitrogen and oxygen atoms in total. The summed E-state index contributed by atoms with van der Waals surface area (Å²) in [6, 6.07) is 3.86. The van der Waals surface area contributed by atoms with Gasteiger partial charge >= 0.3 is 5.97 Å². The lowest BCUT2D eigenvalue weighted by Gasteiger charge is -2.33. The van der Waals surface area contributed by atoms with Gasteiger partial charge < -0.3 is 15.7 Å². The molecule has 8 heteroatoms. The summed E-state index contributed by atoms with van der Waals surface area (Å²) in [7, 11) is 0. The fraction of sp³-hybridized carbons (Fsp3) is 0.385. The van der Waals surface area contributed by atoms with Crippen LogP contribution in [0.3, 0.4) is 0 Å². The predicted molar refractivity (Wildman–Crippen MR) is 74.2 cm³/mol. The molecule has 1 aliphatic heterocycles. The molecule has 0 spiro atoms. The Morgan fingerprint density at radius 2 is 2.14 bits per heavy atom. The van der Waals surface area contributed by atoms with Gasteiger partial charge in [0.15, 0.2) is 0 Å². The minimum Gasteiger partial charge on any atom is -0.481 e. The second kappa shape index (κ2) is 5.78. The Labute approximate surface area is 120 Å². The normalized spacial score (nSPS) is 18.3. The number of piperidine rings is 1. The van der Waals surface area contributed by atoms with E-state index in [1.165, 1.54) is 12.1 Å². The monoisotopic (exact) mass is 293 g/mol. The first-order valence-electron chi connectivity index (χ1n) is 6.46. The Balaban J connectivity index is 2.36. The molecule has 21 heavy (non-hydrogen) atoms. The number of rotatable bonds is 4. The number of benzene rings is 1. The number of aliphatic carboxylic acids is 1. The van der Waals surface area contributed by atoms with E-state index in [0.717, 1.165) is 6.07 Å².